The summed E-state index contributed by atoms with van der Waals surface area (Å²) in [6.45, 7) is 0. The Morgan fingerprint density at radius 2 is 2.12 bits per heavy atom. The Morgan fingerprint density at radius 3 is 2.81 bits per heavy atom. The lowest BCUT2D eigenvalue weighted by Crippen LogP contribution is -2.04. The van der Waals surface area contributed by atoms with Gasteiger partial charge in [0.15, 0.2) is 0 Å². The normalized spacial score (nSPS) is 19.0. The second kappa shape index (κ2) is 3.92. The number of allylic oxidation sites excluding steroid dienone is 2. The topological polar surface area (TPSA) is 9.23 Å². The molecule has 0 heterocycles. The van der Waals surface area contributed by atoms with Gasteiger partial charge in [-0.15, -0.1) is 0 Å². The number of benzene rings is 1. The minimum Gasteiger partial charge on any atom is -0.496 e. The molecule has 0 unspecified atom stereocenters. The number of hydrogen-bond donors (Lipinski definition) is 0. The van der Waals surface area contributed by atoms with Gasteiger partial charge in [0.1, 0.15) is 5.75 Å². The van der Waals surface area contributed by atoms with Gasteiger partial charge >= 0.3 is 0 Å². The van der Waals surface area contributed by atoms with Crippen LogP contribution in [0.2, 0.25) is 0 Å². The molecule has 0 N–H and O–H groups in total. The molecule has 0 bridgehead atoms. The highest BCUT2D eigenvalue weighted by Crippen LogP contribution is 2.47. The van der Waals surface area contributed by atoms with Crippen molar-refractivity contribution in [1.29, 1.82) is 0 Å². The first kappa shape index (κ1) is 10.4. The van der Waals surface area contributed by atoms with E-state index in [1.165, 1.54) is 24.0 Å². The monoisotopic (exact) mass is 278 g/mol. The number of rotatable bonds is 2. The van der Waals surface area contributed by atoms with E-state index in [9.17, 15) is 0 Å². The minimum absolute atomic E-state index is 0.818. The van der Waals surface area contributed by atoms with Gasteiger partial charge in [0, 0.05) is 10.0 Å². The minimum atomic E-state index is 0.818. The van der Waals surface area contributed by atoms with Gasteiger partial charge in [0.25, 0.3) is 0 Å². The van der Waals surface area contributed by atoms with Crippen LogP contribution in [0.3, 0.4) is 0 Å². The quantitative estimate of drug-likeness (QED) is 0.788. The molecule has 2 heteroatoms. The van der Waals surface area contributed by atoms with Gasteiger partial charge in [0.05, 0.1) is 7.11 Å². The van der Waals surface area contributed by atoms with Crippen LogP contribution in [0.1, 0.15) is 30.4 Å². The molecule has 84 valence electrons. The lowest BCUT2D eigenvalue weighted by Gasteiger charge is -2.20. The van der Waals surface area contributed by atoms with Crippen molar-refractivity contribution < 1.29 is 4.74 Å². The fraction of sp³-hybridized carbons (Fsp3) is 0.429. The second-order valence-corrected chi connectivity index (χ2v) is 5.52. The Balaban J connectivity index is 2.14. The maximum Gasteiger partial charge on any atom is 0.123 e. The molecule has 0 aromatic heterocycles. The molecule has 0 amide bonds. The molecular weight excluding hydrogens is 264 g/mol. The summed E-state index contributed by atoms with van der Waals surface area (Å²) in [7, 11) is 1.76. The third-order valence-corrected chi connectivity index (χ3v) is 3.94. The summed E-state index contributed by atoms with van der Waals surface area (Å²) in [6.07, 6.45) is 7.42. The van der Waals surface area contributed by atoms with Crippen LogP contribution in [0.25, 0.3) is 5.57 Å². The molecule has 0 saturated heterocycles. The van der Waals surface area contributed by atoms with Crippen molar-refractivity contribution in [1.82, 2.24) is 0 Å². The average Bonchev–Trinajstić information content (AvgIpc) is 3.11. The molecule has 16 heavy (non-hydrogen) atoms. The van der Waals surface area contributed by atoms with Gasteiger partial charge in [-0.25, -0.2) is 0 Å². The Bertz CT molecular complexity index is 458. The van der Waals surface area contributed by atoms with Gasteiger partial charge in [-0.2, -0.15) is 0 Å². The van der Waals surface area contributed by atoms with Gasteiger partial charge in [0.2, 0.25) is 0 Å². The van der Waals surface area contributed by atoms with Gasteiger partial charge in [-0.05, 0) is 54.9 Å². The lowest BCUT2D eigenvalue weighted by molar-refractivity contribution is 0.409. The number of halogens is 1. The van der Waals surface area contributed by atoms with Gasteiger partial charge < -0.3 is 4.74 Å². The summed E-state index contributed by atoms with van der Waals surface area (Å²) in [4.78, 5) is 0. The van der Waals surface area contributed by atoms with Crippen molar-refractivity contribution in [2.24, 2.45) is 5.92 Å². The summed E-state index contributed by atoms with van der Waals surface area (Å²) in [5.41, 5.74) is 4.37. The van der Waals surface area contributed by atoms with Crippen LogP contribution in [-0.2, 0) is 6.42 Å². The number of methoxy groups -OCH3 is 1. The Morgan fingerprint density at radius 1 is 1.31 bits per heavy atom. The molecule has 0 aliphatic heterocycles. The van der Waals surface area contributed by atoms with E-state index in [-0.39, 0.29) is 0 Å². The lowest BCUT2D eigenvalue weighted by atomic mass is 9.88. The van der Waals surface area contributed by atoms with Crippen LogP contribution in [0, 0.1) is 5.92 Å². The van der Waals surface area contributed by atoms with E-state index in [0.717, 1.165) is 29.0 Å². The molecule has 0 radical (unpaired) electrons. The third kappa shape index (κ3) is 1.69. The summed E-state index contributed by atoms with van der Waals surface area (Å²) >= 11 is 3.57. The zero-order valence-corrected chi connectivity index (χ0v) is 11.0. The van der Waals surface area contributed by atoms with Crippen LogP contribution in [0.4, 0.5) is 0 Å². The predicted molar refractivity (Wildman–Crippen MR) is 69.7 cm³/mol. The molecule has 0 atom stereocenters. The van der Waals surface area contributed by atoms with E-state index in [4.69, 9.17) is 4.74 Å². The van der Waals surface area contributed by atoms with Crippen molar-refractivity contribution in [2.45, 2.75) is 25.7 Å². The summed E-state index contributed by atoms with van der Waals surface area (Å²) in [5, 5.41) is 0. The molecule has 3 rings (SSSR count). The molecule has 2 aliphatic rings. The van der Waals surface area contributed by atoms with Crippen LogP contribution < -0.4 is 4.74 Å². The highest BCUT2D eigenvalue weighted by atomic mass is 79.9. The molecule has 1 saturated carbocycles. The first-order valence-electron chi connectivity index (χ1n) is 5.86. The molecular formula is C14H15BrO. The smallest absolute Gasteiger partial charge is 0.123 e. The van der Waals surface area contributed by atoms with E-state index in [1.807, 2.05) is 0 Å². The number of hydrogen-bond acceptors (Lipinski definition) is 1. The maximum absolute atomic E-state index is 5.48. The number of ether oxygens (including phenoxy) is 1. The highest BCUT2D eigenvalue weighted by molar-refractivity contribution is 9.10. The van der Waals surface area contributed by atoms with E-state index >= 15 is 0 Å². The number of fused-ring (bicyclic) bond motifs is 1. The Kier molecular flexibility index (Phi) is 2.55. The van der Waals surface area contributed by atoms with Crippen molar-refractivity contribution >= 4 is 21.5 Å². The van der Waals surface area contributed by atoms with E-state index < -0.39 is 0 Å². The van der Waals surface area contributed by atoms with Crippen LogP contribution >= 0.6 is 15.9 Å². The first-order valence-corrected chi connectivity index (χ1v) is 6.65. The van der Waals surface area contributed by atoms with Crippen LogP contribution in [0.15, 0.2) is 22.7 Å². The Labute approximate surface area is 105 Å². The van der Waals surface area contributed by atoms with Crippen LogP contribution in [0.5, 0.6) is 5.75 Å². The van der Waals surface area contributed by atoms with Gasteiger partial charge in [-0.3, -0.25) is 0 Å². The molecule has 2 aliphatic carbocycles. The summed E-state index contributed by atoms with van der Waals surface area (Å²) in [6, 6.07) is 4.33. The summed E-state index contributed by atoms with van der Waals surface area (Å²) in [5.74, 6) is 1.86. The van der Waals surface area contributed by atoms with Crippen molar-refractivity contribution in [3.05, 3.63) is 33.8 Å². The van der Waals surface area contributed by atoms with E-state index in [1.54, 1.807) is 12.7 Å². The maximum atomic E-state index is 5.48. The average molecular weight is 279 g/mol. The zero-order valence-electron chi connectivity index (χ0n) is 9.42. The standard InChI is InChI=1S/C14H15BrO/c1-16-14-8-10(15)7-13-11(9-5-6-9)3-2-4-12(13)14/h3,7-9H,2,4-6H2,1H3. The van der Waals surface area contributed by atoms with Crippen LogP contribution in [-0.4, -0.2) is 7.11 Å². The van der Waals surface area contributed by atoms with Gasteiger partial charge in [-0.1, -0.05) is 22.0 Å². The SMILES string of the molecule is COc1cc(Br)cc2c1CCC=C2C1CC1. The first-order chi connectivity index (χ1) is 7.79. The zero-order chi connectivity index (χ0) is 11.1. The fourth-order valence-electron chi connectivity index (χ4n) is 2.57. The van der Waals surface area contributed by atoms with Crippen molar-refractivity contribution in [3.8, 4) is 5.75 Å². The largest absolute Gasteiger partial charge is 0.496 e. The molecule has 1 fully saturated rings. The van der Waals surface area contributed by atoms with Crippen molar-refractivity contribution in [3.63, 3.8) is 0 Å². The second-order valence-electron chi connectivity index (χ2n) is 4.61. The summed E-state index contributed by atoms with van der Waals surface area (Å²) < 4.78 is 6.61. The van der Waals surface area contributed by atoms with Crippen molar-refractivity contribution in [2.75, 3.05) is 7.11 Å². The Hall–Kier alpha value is -0.760. The highest BCUT2D eigenvalue weighted by Gasteiger charge is 2.30. The molecule has 1 aromatic rings. The van der Waals surface area contributed by atoms with E-state index in [0.29, 0.717) is 0 Å². The van der Waals surface area contributed by atoms with E-state index in [2.05, 4.69) is 34.1 Å². The molecule has 1 aromatic carbocycles. The molecule has 1 nitrogen and oxygen atoms in total. The third-order valence-electron chi connectivity index (χ3n) is 3.48. The fourth-order valence-corrected chi connectivity index (χ4v) is 3.01. The predicted octanol–water partition coefficient (Wildman–Crippen LogP) is 4.20. The molecule has 0 spiro atoms.